The van der Waals surface area contributed by atoms with Gasteiger partial charge in [-0.3, -0.25) is 10.2 Å². The summed E-state index contributed by atoms with van der Waals surface area (Å²) in [5.41, 5.74) is 3.65. The highest BCUT2D eigenvalue weighted by Gasteiger charge is 2.17. The molecule has 9 heteroatoms. The molecule has 0 bridgehead atoms. The van der Waals surface area contributed by atoms with Crippen LogP contribution in [0.25, 0.3) is 0 Å². The van der Waals surface area contributed by atoms with Gasteiger partial charge in [-0.1, -0.05) is 12.1 Å². The van der Waals surface area contributed by atoms with Gasteiger partial charge in [-0.15, -0.1) is 0 Å². The van der Waals surface area contributed by atoms with Crippen molar-refractivity contribution in [3.05, 3.63) is 53.8 Å². The van der Waals surface area contributed by atoms with Crippen LogP contribution >= 0.6 is 12.2 Å². The van der Waals surface area contributed by atoms with E-state index in [0.29, 0.717) is 18.1 Å². The number of carbonyl (C=O) groups is 1. The highest BCUT2D eigenvalue weighted by Crippen LogP contribution is 2.28. The number of likely N-dealkylation sites (tertiary alicyclic amines) is 1. The van der Waals surface area contributed by atoms with E-state index in [1.807, 2.05) is 11.8 Å². The molecular formula is C23H27FN4O3S. The third-order valence-electron chi connectivity index (χ3n) is 4.83. The molecule has 0 spiro atoms. The Morgan fingerprint density at radius 2 is 1.94 bits per heavy atom. The first kappa shape index (κ1) is 23.5. The highest BCUT2D eigenvalue weighted by atomic mass is 32.1. The summed E-state index contributed by atoms with van der Waals surface area (Å²) in [6, 6.07) is 11.5. The Kier molecular flexibility index (Phi) is 8.79. The first-order chi connectivity index (χ1) is 15.6. The van der Waals surface area contributed by atoms with Crippen LogP contribution in [-0.4, -0.2) is 48.4 Å². The standard InChI is InChI=1S/C23H27FN4O3S/c1-2-30-21-14-17(15-25-27-23(32)26-19-9-5-4-8-18(19)24)10-11-20(21)31-16-22(29)28-12-6-3-7-13-28/h4-5,8-11,14-15H,2-3,6-7,12-13,16H2,1H3,(H2,26,27,32)/b25-15+. The van der Waals surface area contributed by atoms with Crippen LogP contribution in [0.5, 0.6) is 11.5 Å². The molecule has 1 aliphatic rings. The van der Waals surface area contributed by atoms with E-state index in [0.717, 1.165) is 31.5 Å². The molecular weight excluding hydrogens is 431 g/mol. The molecule has 32 heavy (non-hydrogen) atoms. The number of hydrogen-bond donors (Lipinski definition) is 2. The predicted molar refractivity (Wildman–Crippen MR) is 127 cm³/mol. The topological polar surface area (TPSA) is 75.2 Å². The Bertz CT molecular complexity index is 964. The average molecular weight is 459 g/mol. The van der Waals surface area contributed by atoms with E-state index in [1.54, 1.807) is 42.6 Å². The maximum absolute atomic E-state index is 13.7. The lowest BCUT2D eigenvalue weighted by atomic mass is 10.1. The Morgan fingerprint density at radius 1 is 1.16 bits per heavy atom. The number of amides is 1. The van der Waals surface area contributed by atoms with Crippen molar-refractivity contribution < 1.29 is 18.7 Å². The van der Waals surface area contributed by atoms with E-state index >= 15 is 0 Å². The number of hydrogen-bond acceptors (Lipinski definition) is 5. The van der Waals surface area contributed by atoms with Crippen molar-refractivity contribution in [1.82, 2.24) is 10.3 Å². The molecule has 1 aliphatic heterocycles. The van der Waals surface area contributed by atoms with Crippen LogP contribution in [0.1, 0.15) is 31.7 Å². The molecule has 3 rings (SSSR count). The molecule has 0 atom stereocenters. The fraction of sp³-hybridized carbons (Fsp3) is 0.348. The van der Waals surface area contributed by atoms with Crippen molar-refractivity contribution >= 4 is 35.1 Å². The fourth-order valence-electron chi connectivity index (χ4n) is 3.24. The summed E-state index contributed by atoms with van der Waals surface area (Å²) in [7, 11) is 0. The van der Waals surface area contributed by atoms with Gasteiger partial charge in [-0.05, 0) is 74.3 Å². The van der Waals surface area contributed by atoms with E-state index < -0.39 is 5.82 Å². The van der Waals surface area contributed by atoms with Crippen molar-refractivity contribution in [1.29, 1.82) is 0 Å². The third kappa shape index (κ3) is 6.91. The first-order valence-corrected chi connectivity index (χ1v) is 11.0. The number of ether oxygens (including phenoxy) is 2. The van der Waals surface area contributed by atoms with Gasteiger partial charge in [0.2, 0.25) is 0 Å². The number of piperidine rings is 1. The summed E-state index contributed by atoms with van der Waals surface area (Å²) in [6.45, 7) is 3.88. The largest absolute Gasteiger partial charge is 0.490 e. The molecule has 0 radical (unpaired) electrons. The maximum atomic E-state index is 13.7. The van der Waals surface area contributed by atoms with Gasteiger partial charge < -0.3 is 19.7 Å². The second kappa shape index (κ2) is 12.0. The predicted octanol–water partition coefficient (Wildman–Crippen LogP) is 3.94. The van der Waals surface area contributed by atoms with Crippen LogP contribution in [0.3, 0.4) is 0 Å². The van der Waals surface area contributed by atoms with E-state index in [2.05, 4.69) is 15.8 Å². The molecule has 1 fully saturated rings. The summed E-state index contributed by atoms with van der Waals surface area (Å²) < 4.78 is 25.1. The highest BCUT2D eigenvalue weighted by molar-refractivity contribution is 7.80. The summed E-state index contributed by atoms with van der Waals surface area (Å²) in [5.74, 6) is 0.600. The van der Waals surface area contributed by atoms with E-state index in [1.165, 1.54) is 12.5 Å². The molecule has 1 saturated heterocycles. The number of nitrogens with zero attached hydrogens (tertiary/aromatic N) is 2. The quantitative estimate of drug-likeness (QED) is 0.355. The number of halogens is 1. The molecule has 1 heterocycles. The number of anilines is 1. The average Bonchev–Trinajstić information content (AvgIpc) is 2.80. The number of carbonyl (C=O) groups excluding carboxylic acids is 1. The molecule has 0 unspecified atom stereocenters. The van der Waals surface area contributed by atoms with Crippen LogP contribution in [0, 0.1) is 5.82 Å². The number of rotatable bonds is 8. The van der Waals surface area contributed by atoms with Gasteiger partial charge in [0, 0.05) is 13.1 Å². The second-order valence-electron chi connectivity index (χ2n) is 7.17. The summed E-state index contributed by atoms with van der Waals surface area (Å²) in [6.07, 6.45) is 4.80. The van der Waals surface area contributed by atoms with Gasteiger partial charge in [0.15, 0.2) is 23.2 Å². The zero-order chi connectivity index (χ0) is 22.8. The van der Waals surface area contributed by atoms with Gasteiger partial charge in [-0.2, -0.15) is 5.10 Å². The SMILES string of the molecule is CCOc1cc(/C=N/NC(=S)Nc2ccccc2F)ccc1OCC(=O)N1CCCCC1. The molecule has 0 aromatic heterocycles. The first-order valence-electron chi connectivity index (χ1n) is 10.6. The number of para-hydroxylation sites is 1. The van der Waals surface area contributed by atoms with Gasteiger partial charge in [0.05, 0.1) is 18.5 Å². The maximum Gasteiger partial charge on any atom is 0.260 e. The molecule has 2 N–H and O–H groups in total. The number of thiocarbonyl (C=S) groups is 1. The van der Waals surface area contributed by atoms with Crippen molar-refractivity contribution in [3.8, 4) is 11.5 Å². The van der Waals surface area contributed by atoms with Gasteiger partial charge in [-0.25, -0.2) is 4.39 Å². The van der Waals surface area contributed by atoms with Crippen LogP contribution in [0.4, 0.5) is 10.1 Å². The van der Waals surface area contributed by atoms with Crippen LogP contribution in [-0.2, 0) is 4.79 Å². The molecule has 0 aliphatic carbocycles. The van der Waals surface area contributed by atoms with Crippen molar-refractivity contribution in [2.24, 2.45) is 5.10 Å². The Labute approximate surface area is 192 Å². The fourth-order valence-corrected chi connectivity index (χ4v) is 3.41. The molecule has 2 aromatic carbocycles. The van der Waals surface area contributed by atoms with Crippen molar-refractivity contribution in [3.63, 3.8) is 0 Å². The van der Waals surface area contributed by atoms with Crippen LogP contribution < -0.4 is 20.2 Å². The zero-order valence-corrected chi connectivity index (χ0v) is 18.8. The minimum absolute atomic E-state index is 0.0159. The lowest BCUT2D eigenvalue weighted by Crippen LogP contribution is -2.38. The lowest BCUT2D eigenvalue weighted by Gasteiger charge is -2.26. The number of nitrogens with one attached hydrogen (secondary N) is 2. The minimum atomic E-state index is -0.406. The third-order valence-corrected chi connectivity index (χ3v) is 5.02. The Hall–Kier alpha value is -3.20. The van der Waals surface area contributed by atoms with E-state index in [-0.39, 0.29) is 23.3 Å². The Morgan fingerprint density at radius 3 is 2.69 bits per heavy atom. The zero-order valence-electron chi connectivity index (χ0n) is 18.0. The summed E-state index contributed by atoms with van der Waals surface area (Å²) in [5, 5.41) is 6.98. The second-order valence-corrected chi connectivity index (χ2v) is 7.58. The smallest absolute Gasteiger partial charge is 0.260 e. The van der Waals surface area contributed by atoms with E-state index in [4.69, 9.17) is 21.7 Å². The lowest BCUT2D eigenvalue weighted by molar-refractivity contribution is -0.134. The van der Waals surface area contributed by atoms with E-state index in [9.17, 15) is 9.18 Å². The van der Waals surface area contributed by atoms with Gasteiger partial charge in [0.25, 0.3) is 5.91 Å². The monoisotopic (exact) mass is 458 g/mol. The molecule has 1 amide bonds. The molecule has 2 aromatic rings. The summed E-state index contributed by atoms with van der Waals surface area (Å²) >= 11 is 5.13. The number of hydrazone groups is 1. The van der Waals surface area contributed by atoms with Gasteiger partial charge in [0.1, 0.15) is 5.82 Å². The normalized spacial score (nSPS) is 13.6. The molecule has 170 valence electrons. The van der Waals surface area contributed by atoms with Crippen molar-refractivity contribution in [2.75, 3.05) is 31.6 Å². The molecule has 0 saturated carbocycles. The minimum Gasteiger partial charge on any atom is -0.490 e. The van der Waals surface area contributed by atoms with Crippen LogP contribution in [0.2, 0.25) is 0 Å². The number of benzene rings is 2. The van der Waals surface area contributed by atoms with Crippen LogP contribution in [0.15, 0.2) is 47.6 Å². The molecule has 7 nitrogen and oxygen atoms in total. The van der Waals surface area contributed by atoms with Gasteiger partial charge >= 0.3 is 0 Å². The van der Waals surface area contributed by atoms with Crippen molar-refractivity contribution in [2.45, 2.75) is 26.2 Å². The summed E-state index contributed by atoms with van der Waals surface area (Å²) in [4.78, 5) is 14.2. The Balaban J connectivity index is 1.56.